The molecular formula is C23H21F4N5O3. The molecule has 1 aromatic carbocycles. The predicted octanol–water partition coefficient (Wildman–Crippen LogP) is 4.09. The van der Waals surface area contributed by atoms with Crippen LogP contribution in [0.3, 0.4) is 0 Å². The highest BCUT2D eigenvalue weighted by Gasteiger charge is 2.53. The summed E-state index contributed by atoms with van der Waals surface area (Å²) in [5, 5.41) is 6.80. The van der Waals surface area contributed by atoms with Gasteiger partial charge in [-0.1, -0.05) is 13.0 Å². The Morgan fingerprint density at radius 3 is 2.57 bits per heavy atom. The van der Waals surface area contributed by atoms with Gasteiger partial charge in [-0.05, 0) is 36.8 Å². The number of pyridine rings is 1. The quantitative estimate of drug-likeness (QED) is 0.441. The molecule has 12 heteroatoms. The molecule has 1 aliphatic rings. The number of rotatable bonds is 8. The van der Waals surface area contributed by atoms with E-state index >= 15 is 4.39 Å². The molecule has 0 unspecified atom stereocenters. The van der Waals surface area contributed by atoms with Crippen molar-refractivity contribution in [2.45, 2.75) is 38.4 Å². The molecule has 0 saturated carbocycles. The summed E-state index contributed by atoms with van der Waals surface area (Å²) in [5.41, 5.74) is -1.62. The van der Waals surface area contributed by atoms with Gasteiger partial charge in [0.05, 0.1) is 30.9 Å². The molecule has 2 amide bonds. The average Bonchev–Trinajstić information content (AvgIpc) is 3.31. The highest BCUT2D eigenvalue weighted by atomic mass is 19.3. The van der Waals surface area contributed by atoms with Crippen molar-refractivity contribution in [3.63, 3.8) is 0 Å². The maximum absolute atomic E-state index is 15.5. The Balaban J connectivity index is 1.55. The third-order valence-electron chi connectivity index (χ3n) is 5.47. The molecule has 1 fully saturated rings. The van der Waals surface area contributed by atoms with Crippen LogP contribution >= 0.6 is 0 Å². The van der Waals surface area contributed by atoms with E-state index < -0.39 is 29.7 Å². The van der Waals surface area contributed by atoms with Gasteiger partial charge in [0, 0.05) is 18.3 Å². The number of nitrogens with zero attached hydrogens (tertiary/aromatic N) is 5. The molecule has 1 aliphatic heterocycles. The Bertz CT molecular complexity index is 1210. The minimum atomic E-state index is -2.91. The van der Waals surface area contributed by atoms with Crippen molar-refractivity contribution < 1.29 is 31.6 Å². The van der Waals surface area contributed by atoms with Crippen molar-refractivity contribution in [2.24, 2.45) is 0 Å². The fourth-order valence-electron chi connectivity index (χ4n) is 3.65. The van der Waals surface area contributed by atoms with Gasteiger partial charge in [0.15, 0.2) is 0 Å². The molecule has 3 aromatic rings. The number of carbonyl (C=O) groups excluding carboxylic acids is 2. The molecule has 184 valence electrons. The van der Waals surface area contributed by atoms with E-state index in [1.807, 2.05) is 6.92 Å². The zero-order valence-electron chi connectivity index (χ0n) is 18.6. The van der Waals surface area contributed by atoms with Gasteiger partial charge >= 0.3 is 6.43 Å². The summed E-state index contributed by atoms with van der Waals surface area (Å²) in [6.45, 7) is 0.855. The Kier molecular flexibility index (Phi) is 6.81. The highest BCUT2D eigenvalue weighted by molar-refractivity contribution is 6.01. The van der Waals surface area contributed by atoms with Crippen LogP contribution in [0.4, 0.5) is 23.2 Å². The minimum Gasteiger partial charge on any atom is -0.415 e. The topological polar surface area (TPSA) is 92.4 Å². The van der Waals surface area contributed by atoms with Crippen molar-refractivity contribution in [1.29, 1.82) is 0 Å². The number of aromatic nitrogens is 3. The smallest absolute Gasteiger partial charge is 0.314 e. The van der Waals surface area contributed by atoms with Gasteiger partial charge < -0.3 is 14.2 Å². The molecule has 0 spiro atoms. The molecule has 3 heterocycles. The van der Waals surface area contributed by atoms with Gasteiger partial charge in [-0.3, -0.25) is 14.6 Å². The standard InChI is InChI=1S/C23H21F4N5O3/c1-2-4-18(33)31-12-23(27,13-31)22(34)32(17-6-3-5-15(24)9-17)11-16-8-7-14(10-28-16)20-29-30-21(35-20)19(25)26/h3,5-10,19H,2,4,11-13H2,1H3. The SMILES string of the molecule is CCCC(=O)N1CC(F)(C(=O)N(Cc2ccc(-c3nnc(C(F)F)o3)cn2)c2cccc(F)c2)C1. The second kappa shape index (κ2) is 9.80. The molecule has 0 atom stereocenters. The van der Waals surface area contributed by atoms with E-state index in [-0.39, 0.29) is 49.1 Å². The van der Waals surface area contributed by atoms with Crippen LogP contribution in [0.5, 0.6) is 0 Å². The summed E-state index contributed by atoms with van der Waals surface area (Å²) in [6, 6.07) is 8.08. The van der Waals surface area contributed by atoms with Gasteiger partial charge in [0.2, 0.25) is 17.5 Å². The van der Waals surface area contributed by atoms with Crippen molar-refractivity contribution in [3.8, 4) is 11.5 Å². The largest absolute Gasteiger partial charge is 0.415 e. The Labute approximate surface area is 197 Å². The molecule has 35 heavy (non-hydrogen) atoms. The monoisotopic (exact) mass is 491 g/mol. The summed E-state index contributed by atoms with van der Waals surface area (Å²) in [5.74, 6) is -2.76. The van der Waals surface area contributed by atoms with Crippen LogP contribution in [0.2, 0.25) is 0 Å². The van der Waals surface area contributed by atoms with E-state index in [4.69, 9.17) is 4.42 Å². The first-order valence-electron chi connectivity index (χ1n) is 10.8. The first kappa shape index (κ1) is 24.3. The van der Waals surface area contributed by atoms with E-state index in [0.29, 0.717) is 12.1 Å². The predicted molar refractivity (Wildman–Crippen MR) is 115 cm³/mol. The molecule has 0 bridgehead atoms. The summed E-state index contributed by atoms with van der Waals surface area (Å²) >= 11 is 0. The number of alkyl halides is 3. The van der Waals surface area contributed by atoms with Gasteiger partial charge in [-0.25, -0.2) is 8.78 Å². The normalized spacial score (nSPS) is 14.6. The maximum Gasteiger partial charge on any atom is 0.314 e. The van der Waals surface area contributed by atoms with Gasteiger partial charge in [-0.15, -0.1) is 10.2 Å². The lowest BCUT2D eigenvalue weighted by molar-refractivity contribution is -0.154. The molecule has 1 saturated heterocycles. The van der Waals surface area contributed by atoms with Crippen molar-refractivity contribution in [2.75, 3.05) is 18.0 Å². The summed E-state index contributed by atoms with van der Waals surface area (Å²) in [6.07, 6.45) is -0.770. The van der Waals surface area contributed by atoms with Crippen molar-refractivity contribution in [3.05, 3.63) is 60.0 Å². The lowest BCUT2D eigenvalue weighted by atomic mass is 9.93. The average molecular weight is 491 g/mol. The first-order chi connectivity index (χ1) is 16.7. The highest BCUT2D eigenvalue weighted by Crippen LogP contribution is 2.32. The second-order valence-electron chi connectivity index (χ2n) is 8.12. The molecule has 0 radical (unpaired) electrons. The molecule has 2 aromatic heterocycles. The number of amides is 2. The van der Waals surface area contributed by atoms with Crippen molar-refractivity contribution in [1.82, 2.24) is 20.1 Å². The van der Waals surface area contributed by atoms with E-state index in [0.717, 1.165) is 11.0 Å². The van der Waals surface area contributed by atoms with E-state index in [9.17, 15) is 22.8 Å². The Hall–Kier alpha value is -3.83. The van der Waals surface area contributed by atoms with Gasteiger partial charge in [-0.2, -0.15) is 8.78 Å². The number of hydrogen-bond acceptors (Lipinski definition) is 6. The number of anilines is 1. The number of hydrogen-bond donors (Lipinski definition) is 0. The fraction of sp³-hybridized carbons (Fsp3) is 0.348. The minimum absolute atomic E-state index is 0.120. The van der Waals surface area contributed by atoms with Crippen LogP contribution in [-0.2, 0) is 16.1 Å². The summed E-state index contributed by atoms with van der Waals surface area (Å²) in [7, 11) is 0. The van der Waals surface area contributed by atoms with Crippen LogP contribution < -0.4 is 4.90 Å². The third-order valence-corrected chi connectivity index (χ3v) is 5.47. The van der Waals surface area contributed by atoms with Crippen LogP contribution in [0.1, 0.15) is 37.8 Å². The van der Waals surface area contributed by atoms with E-state index in [1.54, 1.807) is 0 Å². The molecule has 0 N–H and O–H groups in total. The fourth-order valence-corrected chi connectivity index (χ4v) is 3.65. The number of halogens is 4. The summed E-state index contributed by atoms with van der Waals surface area (Å²) in [4.78, 5) is 31.7. The number of benzene rings is 1. The van der Waals surface area contributed by atoms with Crippen LogP contribution in [-0.4, -0.2) is 50.7 Å². The third kappa shape index (κ3) is 5.15. The molecule has 0 aliphatic carbocycles. The van der Waals surface area contributed by atoms with E-state index in [1.165, 1.54) is 41.4 Å². The van der Waals surface area contributed by atoms with Crippen LogP contribution in [0.25, 0.3) is 11.5 Å². The molecule has 8 nitrogen and oxygen atoms in total. The number of carbonyl (C=O) groups is 2. The zero-order chi connectivity index (χ0) is 25.2. The zero-order valence-corrected chi connectivity index (χ0v) is 18.6. The lowest BCUT2D eigenvalue weighted by Gasteiger charge is -2.45. The second-order valence-corrected chi connectivity index (χ2v) is 8.12. The Morgan fingerprint density at radius 2 is 1.97 bits per heavy atom. The Morgan fingerprint density at radius 1 is 1.20 bits per heavy atom. The maximum atomic E-state index is 15.5. The van der Waals surface area contributed by atoms with Crippen molar-refractivity contribution >= 4 is 17.5 Å². The first-order valence-corrected chi connectivity index (χ1v) is 10.8. The molecular weight excluding hydrogens is 470 g/mol. The van der Waals surface area contributed by atoms with Crippen LogP contribution in [0, 0.1) is 5.82 Å². The molecule has 4 rings (SSSR count). The van der Waals surface area contributed by atoms with E-state index in [2.05, 4.69) is 15.2 Å². The van der Waals surface area contributed by atoms with Gasteiger partial charge in [0.1, 0.15) is 5.82 Å². The number of likely N-dealkylation sites (tertiary alicyclic amines) is 1. The van der Waals surface area contributed by atoms with Gasteiger partial charge in [0.25, 0.3) is 11.8 Å². The lowest BCUT2D eigenvalue weighted by Crippen LogP contribution is -2.67. The van der Waals surface area contributed by atoms with Crippen LogP contribution in [0.15, 0.2) is 47.0 Å². The summed E-state index contributed by atoms with van der Waals surface area (Å²) < 4.78 is 59.6.